The summed E-state index contributed by atoms with van der Waals surface area (Å²) in [5, 5.41) is 7.69. The Kier molecular flexibility index (Phi) is 7.84. The Hall–Kier alpha value is -3.69. The van der Waals surface area contributed by atoms with Gasteiger partial charge in [-0.1, -0.05) is 11.6 Å². The molecule has 0 bridgehead atoms. The third-order valence-corrected chi connectivity index (χ3v) is 6.54. The summed E-state index contributed by atoms with van der Waals surface area (Å²) >= 11 is 6.43. The van der Waals surface area contributed by atoms with E-state index in [2.05, 4.69) is 15.6 Å². The van der Waals surface area contributed by atoms with E-state index in [0.29, 0.717) is 24.3 Å². The van der Waals surface area contributed by atoms with E-state index >= 15 is 0 Å². The number of hydrogen-bond acceptors (Lipinski definition) is 3. The molecule has 0 radical (unpaired) electrons. The Morgan fingerprint density at radius 1 is 0.738 bits per heavy atom. The summed E-state index contributed by atoms with van der Waals surface area (Å²) in [7, 11) is 0. The van der Waals surface area contributed by atoms with Crippen LogP contribution in [0.2, 0.25) is 0 Å². The van der Waals surface area contributed by atoms with Gasteiger partial charge >= 0.3 is 24.7 Å². The zero-order valence-electron chi connectivity index (χ0n) is 20.7. The van der Waals surface area contributed by atoms with Gasteiger partial charge in [0.15, 0.2) is 0 Å². The van der Waals surface area contributed by atoms with Gasteiger partial charge in [-0.3, -0.25) is 5.43 Å². The summed E-state index contributed by atoms with van der Waals surface area (Å²) in [5.74, 6) is 0. The fourth-order valence-corrected chi connectivity index (χ4v) is 4.60. The third-order valence-electron chi connectivity index (χ3n) is 6.11. The Morgan fingerprint density at radius 3 is 1.64 bits per heavy atom. The summed E-state index contributed by atoms with van der Waals surface area (Å²) < 4.78 is 160. The quantitative estimate of drug-likeness (QED) is 0.177. The van der Waals surface area contributed by atoms with Gasteiger partial charge in [-0.2, -0.15) is 62.9 Å². The molecule has 1 aliphatic rings. The molecule has 3 aromatic rings. The number of alkyl halides is 12. The molecule has 226 valence electrons. The van der Waals surface area contributed by atoms with Gasteiger partial charge in [-0.15, -0.1) is 0 Å². The van der Waals surface area contributed by atoms with Crippen LogP contribution in [0.3, 0.4) is 0 Å². The second kappa shape index (κ2) is 10.5. The molecule has 0 unspecified atom stereocenters. The summed E-state index contributed by atoms with van der Waals surface area (Å²) in [4.78, 5) is 0. The molecule has 0 amide bonds. The molecular weight excluding hydrogens is 620 g/mol. The van der Waals surface area contributed by atoms with Crippen molar-refractivity contribution in [3.8, 4) is 5.69 Å². The average Bonchev–Trinajstić information content (AvgIpc) is 3.20. The van der Waals surface area contributed by atoms with Crippen LogP contribution in [0.15, 0.2) is 47.1 Å². The minimum Gasteiger partial charge on any atom is -0.278 e. The van der Waals surface area contributed by atoms with E-state index in [4.69, 9.17) is 11.6 Å². The first-order valence-corrected chi connectivity index (χ1v) is 11.9. The van der Waals surface area contributed by atoms with Crippen LogP contribution in [0.5, 0.6) is 0 Å². The van der Waals surface area contributed by atoms with Crippen molar-refractivity contribution in [2.24, 2.45) is 5.10 Å². The van der Waals surface area contributed by atoms with Crippen molar-refractivity contribution in [3.63, 3.8) is 0 Å². The van der Waals surface area contributed by atoms with Crippen LogP contribution in [0.4, 0.5) is 58.4 Å². The van der Waals surface area contributed by atoms with Gasteiger partial charge in [-0.25, -0.2) is 4.68 Å². The van der Waals surface area contributed by atoms with Crippen molar-refractivity contribution in [2.75, 3.05) is 5.43 Å². The fraction of sp³-hybridized carbons (Fsp3) is 0.280. The molecule has 0 spiro atoms. The topological polar surface area (TPSA) is 42.2 Å². The molecule has 17 heteroatoms. The molecule has 0 fully saturated rings. The molecule has 1 N–H and O–H groups in total. The number of hydrazone groups is 1. The maximum absolute atomic E-state index is 13.4. The molecule has 0 atom stereocenters. The fourth-order valence-electron chi connectivity index (χ4n) is 4.21. The third kappa shape index (κ3) is 6.52. The predicted octanol–water partition coefficient (Wildman–Crippen LogP) is 9.25. The minimum atomic E-state index is -5.09. The Balaban J connectivity index is 1.70. The Labute approximate surface area is 233 Å². The number of allylic oxidation sites excluding steroid dienone is 1. The smallest absolute Gasteiger partial charge is 0.278 e. The van der Waals surface area contributed by atoms with Gasteiger partial charge in [0.1, 0.15) is 0 Å². The second-order valence-corrected chi connectivity index (χ2v) is 9.46. The van der Waals surface area contributed by atoms with Crippen molar-refractivity contribution in [3.05, 3.63) is 81.2 Å². The van der Waals surface area contributed by atoms with Gasteiger partial charge in [0.2, 0.25) is 0 Å². The van der Waals surface area contributed by atoms with Crippen molar-refractivity contribution in [1.29, 1.82) is 0 Å². The van der Waals surface area contributed by atoms with Gasteiger partial charge < -0.3 is 0 Å². The van der Waals surface area contributed by atoms with E-state index in [0.717, 1.165) is 10.9 Å². The Bertz CT molecular complexity index is 1510. The summed E-state index contributed by atoms with van der Waals surface area (Å²) in [6.45, 7) is 1.40. The number of fused-ring (bicyclic) bond motifs is 1. The highest BCUT2D eigenvalue weighted by atomic mass is 35.5. The van der Waals surface area contributed by atoms with Crippen LogP contribution < -0.4 is 5.43 Å². The maximum Gasteiger partial charge on any atom is 0.416 e. The first-order chi connectivity index (χ1) is 19.2. The van der Waals surface area contributed by atoms with Crippen molar-refractivity contribution in [2.45, 2.75) is 44.5 Å². The number of rotatable bonds is 4. The zero-order chi connectivity index (χ0) is 31.4. The molecule has 0 saturated carbocycles. The van der Waals surface area contributed by atoms with Gasteiger partial charge in [0.25, 0.3) is 0 Å². The van der Waals surface area contributed by atoms with Crippen LogP contribution in [0.25, 0.3) is 10.7 Å². The number of halogens is 13. The van der Waals surface area contributed by atoms with Crippen molar-refractivity contribution < 1.29 is 52.7 Å². The van der Waals surface area contributed by atoms with Crippen LogP contribution in [-0.4, -0.2) is 16.0 Å². The highest BCUT2D eigenvalue weighted by molar-refractivity contribution is 6.51. The van der Waals surface area contributed by atoms with Crippen LogP contribution >= 0.6 is 11.6 Å². The first kappa shape index (κ1) is 31.3. The predicted molar refractivity (Wildman–Crippen MR) is 128 cm³/mol. The zero-order valence-corrected chi connectivity index (χ0v) is 21.5. The maximum atomic E-state index is 13.4. The summed E-state index contributed by atoms with van der Waals surface area (Å²) in [6.07, 6.45) is -19.3. The lowest BCUT2D eigenvalue weighted by Gasteiger charge is -2.18. The molecule has 0 aliphatic heterocycles. The second-order valence-electron chi connectivity index (χ2n) is 9.09. The summed E-state index contributed by atoms with van der Waals surface area (Å²) in [5.41, 5.74) is -4.58. The van der Waals surface area contributed by atoms with Crippen LogP contribution in [0.1, 0.15) is 45.6 Å². The van der Waals surface area contributed by atoms with E-state index in [1.807, 2.05) is 0 Å². The van der Waals surface area contributed by atoms with Gasteiger partial charge in [-0.05, 0) is 61.7 Å². The van der Waals surface area contributed by atoms with E-state index in [1.165, 1.54) is 6.92 Å². The number of aryl methyl sites for hydroxylation is 1. The Morgan fingerprint density at radius 2 is 1.19 bits per heavy atom. The number of benzene rings is 2. The van der Waals surface area contributed by atoms with Crippen molar-refractivity contribution >= 4 is 28.5 Å². The molecule has 1 aromatic heterocycles. The number of nitrogens with zero attached hydrogens (tertiary/aromatic N) is 3. The van der Waals surface area contributed by atoms with E-state index in [-0.39, 0.29) is 52.5 Å². The first-order valence-electron chi connectivity index (χ1n) is 11.5. The lowest BCUT2D eigenvalue weighted by molar-refractivity contribution is -0.144. The number of anilines is 1. The molecule has 0 saturated heterocycles. The highest BCUT2D eigenvalue weighted by Crippen LogP contribution is 2.41. The van der Waals surface area contributed by atoms with Crippen molar-refractivity contribution in [1.82, 2.24) is 9.78 Å². The van der Waals surface area contributed by atoms with Crippen LogP contribution in [0, 0.1) is 6.92 Å². The highest BCUT2D eigenvalue weighted by Gasteiger charge is 2.39. The van der Waals surface area contributed by atoms with Crippen LogP contribution in [-0.2, 0) is 31.1 Å². The van der Waals surface area contributed by atoms with E-state index < -0.39 is 58.3 Å². The largest absolute Gasteiger partial charge is 0.416 e. The number of nitrogens with one attached hydrogen (secondary N) is 1. The SMILES string of the molecule is Cc1nn(-c2cc(C(F)(F)F)cc(C(F)(F)F)c2)c2c1C(Cl)=C(/C=N/Nc1cc(C(F)(F)F)cc(C(F)(F)F)c1)CC2. The van der Waals surface area contributed by atoms with E-state index in [1.54, 1.807) is 0 Å². The molecule has 42 heavy (non-hydrogen) atoms. The van der Waals surface area contributed by atoms with Gasteiger partial charge in [0, 0.05) is 5.56 Å². The molecule has 1 heterocycles. The lowest BCUT2D eigenvalue weighted by atomic mass is 9.96. The summed E-state index contributed by atoms with van der Waals surface area (Å²) in [6, 6.07) is 1.76. The molecule has 2 aromatic carbocycles. The standard InChI is InChI=1S/C25H15ClF12N4/c1-11-20-19(42(41-11)18-8-15(24(33,34)35)5-16(9-18)25(36,37)38)3-2-12(21(20)26)10-39-40-17-6-13(22(27,28)29)4-14(7-17)23(30,31)32/h4-10,40H,2-3H2,1H3/b39-10+. The molecule has 4 nitrogen and oxygen atoms in total. The molecular formula is C25H15ClF12N4. The molecule has 4 rings (SSSR count). The average molecular weight is 635 g/mol. The number of hydrogen-bond donors (Lipinski definition) is 1. The molecule has 1 aliphatic carbocycles. The van der Waals surface area contributed by atoms with Gasteiger partial charge in [0.05, 0.1) is 56.3 Å². The number of aromatic nitrogens is 2. The lowest BCUT2D eigenvalue weighted by Crippen LogP contribution is -2.14. The normalized spacial score (nSPS) is 15.0. The minimum absolute atomic E-state index is 0.00360. The monoisotopic (exact) mass is 634 g/mol. The van der Waals surface area contributed by atoms with E-state index in [9.17, 15) is 52.7 Å².